The minimum Gasteiger partial charge on any atom is -0.337 e. The van der Waals surface area contributed by atoms with E-state index in [4.69, 9.17) is 0 Å². The third kappa shape index (κ3) is 2.31. The molecule has 0 radical (unpaired) electrons. The molecule has 3 rings (SSSR count). The number of carbonyl (C=O) groups excluding carboxylic acids is 1. The maximum absolute atomic E-state index is 12.4. The van der Waals surface area contributed by atoms with Crippen LogP contribution in [0.4, 0.5) is 0 Å². The smallest absolute Gasteiger partial charge is 0.263 e. The molecule has 2 saturated heterocycles. The summed E-state index contributed by atoms with van der Waals surface area (Å²) in [6, 6.07) is 3.90. The number of thiophene rings is 1. The van der Waals surface area contributed by atoms with Crippen molar-refractivity contribution in [3.05, 3.63) is 22.4 Å². The van der Waals surface area contributed by atoms with E-state index in [9.17, 15) is 4.79 Å². The summed E-state index contributed by atoms with van der Waals surface area (Å²) in [5, 5.41) is 5.49. The second kappa shape index (κ2) is 5.02. The fraction of sp³-hybridized carbons (Fsp3) is 0.643. The molecule has 1 amide bonds. The van der Waals surface area contributed by atoms with Crippen LogP contribution in [0.1, 0.15) is 35.4 Å². The van der Waals surface area contributed by atoms with Gasteiger partial charge in [-0.25, -0.2) is 0 Å². The molecule has 1 atom stereocenters. The highest BCUT2D eigenvalue weighted by Crippen LogP contribution is 2.36. The van der Waals surface area contributed by atoms with Crippen molar-refractivity contribution in [2.75, 3.05) is 26.2 Å². The number of piperidine rings is 2. The molecule has 1 unspecified atom stereocenters. The molecule has 3 nitrogen and oxygen atoms in total. The zero-order valence-electron chi connectivity index (χ0n) is 10.7. The Hall–Kier alpha value is -0.870. The van der Waals surface area contributed by atoms with Crippen molar-refractivity contribution in [1.82, 2.24) is 10.2 Å². The van der Waals surface area contributed by atoms with Gasteiger partial charge in [0.2, 0.25) is 0 Å². The summed E-state index contributed by atoms with van der Waals surface area (Å²) in [6.07, 6.45) is 4.95. The number of nitrogens with zero attached hydrogens (tertiary/aromatic N) is 1. The van der Waals surface area contributed by atoms with Crippen LogP contribution in [0.2, 0.25) is 0 Å². The largest absolute Gasteiger partial charge is 0.337 e. The average molecular weight is 264 g/mol. The molecule has 18 heavy (non-hydrogen) atoms. The van der Waals surface area contributed by atoms with E-state index in [-0.39, 0.29) is 5.91 Å². The summed E-state index contributed by atoms with van der Waals surface area (Å²) < 4.78 is 0. The zero-order valence-corrected chi connectivity index (χ0v) is 11.5. The lowest BCUT2D eigenvalue weighted by Crippen LogP contribution is -2.52. The number of hydrogen-bond acceptors (Lipinski definition) is 3. The Morgan fingerprint density at radius 3 is 3.00 bits per heavy atom. The van der Waals surface area contributed by atoms with E-state index < -0.39 is 0 Å². The van der Waals surface area contributed by atoms with Gasteiger partial charge in [-0.05, 0) is 43.7 Å². The summed E-state index contributed by atoms with van der Waals surface area (Å²) in [5.74, 6) is 0.231. The molecule has 0 saturated carbocycles. The van der Waals surface area contributed by atoms with Crippen LogP contribution < -0.4 is 5.32 Å². The molecular formula is C14H20N2OS. The number of hydrogen-bond donors (Lipinski definition) is 1. The molecule has 2 aliphatic rings. The molecule has 1 spiro atoms. The third-order valence-electron chi connectivity index (χ3n) is 4.24. The van der Waals surface area contributed by atoms with Crippen LogP contribution in [0.5, 0.6) is 0 Å². The Morgan fingerprint density at radius 1 is 1.39 bits per heavy atom. The molecule has 1 N–H and O–H groups in total. The van der Waals surface area contributed by atoms with E-state index in [2.05, 4.69) is 10.2 Å². The number of rotatable bonds is 1. The average Bonchev–Trinajstić information content (AvgIpc) is 2.93. The van der Waals surface area contributed by atoms with Gasteiger partial charge in [-0.3, -0.25) is 4.79 Å². The van der Waals surface area contributed by atoms with E-state index in [1.54, 1.807) is 11.3 Å². The highest BCUT2D eigenvalue weighted by atomic mass is 32.1. The van der Waals surface area contributed by atoms with Gasteiger partial charge in [0.15, 0.2) is 0 Å². The summed E-state index contributed by atoms with van der Waals surface area (Å²) in [5.41, 5.74) is 0.351. The highest BCUT2D eigenvalue weighted by molar-refractivity contribution is 7.12. The molecule has 2 fully saturated rings. The van der Waals surface area contributed by atoms with Gasteiger partial charge >= 0.3 is 0 Å². The van der Waals surface area contributed by atoms with Crippen LogP contribution in [0.3, 0.4) is 0 Å². The first-order valence-corrected chi connectivity index (χ1v) is 7.71. The molecule has 0 aromatic carbocycles. The Kier molecular flexibility index (Phi) is 3.39. The minimum atomic E-state index is 0.231. The van der Waals surface area contributed by atoms with Crippen LogP contribution in [0.15, 0.2) is 17.5 Å². The lowest BCUT2D eigenvalue weighted by Gasteiger charge is -2.45. The number of nitrogens with one attached hydrogen (secondary N) is 1. The second-order valence-electron chi connectivity index (χ2n) is 5.59. The summed E-state index contributed by atoms with van der Waals surface area (Å²) in [7, 11) is 0. The molecule has 98 valence electrons. The van der Waals surface area contributed by atoms with Crippen molar-refractivity contribution in [2.24, 2.45) is 5.41 Å². The Labute approximate surface area is 112 Å². The van der Waals surface area contributed by atoms with E-state index >= 15 is 0 Å². The first-order valence-electron chi connectivity index (χ1n) is 6.83. The highest BCUT2D eigenvalue weighted by Gasteiger charge is 2.38. The molecule has 4 heteroatoms. The molecule has 3 heterocycles. The first-order chi connectivity index (χ1) is 8.79. The molecular weight excluding hydrogens is 244 g/mol. The Bertz CT molecular complexity index is 404. The van der Waals surface area contributed by atoms with Gasteiger partial charge in [0.25, 0.3) is 5.91 Å². The summed E-state index contributed by atoms with van der Waals surface area (Å²) in [4.78, 5) is 15.4. The van der Waals surface area contributed by atoms with Gasteiger partial charge in [0, 0.05) is 25.0 Å². The summed E-state index contributed by atoms with van der Waals surface area (Å²) in [6.45, 7) is 4.09. The third-order valence-corrected chi connectivity index (χ3v) is 5.10. The maximum Gasteiger partial charge on any atom is 0.263 e. The monoisotopic (exact) mass is 264 g/mol. The van der Waals surface area contributed by atoms with Crippen molar-refractivity contribution in [3.8, 4) is 0 Å². The van der Waals surface area contributed by atoms with Crippen molar-refractivity contribution >= 4 is 17.2 Å². The van der Waals surface area contributed by atoms with Crippen molar-refractivity contribution in [3.63, 3.8) is 0 Å². The number of carbonyl (C=O) groups is 1. The van der Waals surface area contributed by atoms with E-state index in [0.29, 0.717) is 5.41 Å². The quantitative estimate of drug-likeness (QED) is 0.844. The fourth-order valence-electron chi connectivity index (χ4n) is 3.32. The zero-order chi connectivity index (χ0) is 12.4. The maximum atomic E-state index is 12.4. The molecule has 0 aliphatic carbocycles. The molecule has 0 bridgehead atoms. The lowest BCUT2D eigenvalue weighted by atomic mass is 9.74. The van der Waals surface area contributed by atoms with E-state index in [1.807, 2.05) is 17.5 Å². The van der Waals surface area contributed by atoms with Crippen molar-refractivity contribution in [1.29, 1.82) is 0 Å². The van der Waals surface area contributed by atoms with Gasteiger partial charge < -0.3 is 10.2 Å². The predicted molar refractivity (Wildman–Crippen MR) is 74.0 cm³/mol. The van der Waals surface area contributed by atoms with Crippen LogP contribution >= 0.6 is 11.3 Å². The first kappa shape index (κ1) is 12.2. The Morgan fingerprint density at radius 2 is 2.28 bits per heavy atom. The lowest BCUT2D eigenvalue weighted by molar-refractivity contribution is 0.0438. The SMILES string of the molecule is O=C(c1cccs1)N1CCCC2(CCCNC2)C1. The summed E-state index contributed by atoms with van der Waals surface area (Å²) >= 11 is 1.55. The Balaban J connectivity index is 1.72. The molecule has 2 aliphatic heterocycles. The van der Waals surface area contributed by atoms with Crippen LogP contribution in [0, 0.1) is 5.41 Å². The number of amides is 1. The number of likely N-dealkylation sites (tertiary alicyclic amines) is 1. The van der Waals surface area contributed by atoms with Gasteiger partial charge in [-0.1, -0.05) is 6.07 Å². The standard InChI is InChI=1S/C14H20N2OS/c17-13(12-4-1-9-18-12)16-8-3-6-14(11-16)5-2-7-15-10-14/h1,4,9,15H,2-3,5-8,10-11H2. The fourth-order valence-corrected chi connectivity index (χ4v) is 4.01. The van der Waals surface area contributed by atoms with Crippen LogP contribution in [-0.4, -0.2) is 37.0 Å². The van der Waals surface area contributed by atoms with Gasteiger partial charge in [-0.15, -0.1) is 11.3 Å². The minimum absolute atomic E-state index is 0.231. The van der Waals surface area contributed by atoms with Crippen LogP contribution in [0.25, 0.3) is 0 Å². The van der Waals surface area contributed by atoms with E-state index in [1.165, 1.54) is 19.3 Å². The predicted octanol–water partition coefficient (Wildman–Crippen LogP) is 2.35. The second-order valence-corrected chi connectivity index (χ2v) is 6.54. The molecule has 1 aromatic heterocycles. The van der Waals surface area contributed by atoms with Crippen LogP contribution in [-0.2, 0) is 0 Å². The van der Waals surface area contributed by atoms with Gasteiger partial charge in [-0.2, -0.15) is 0 Å². The molecule has 1 aromatic rings. The van der Waals surface area contributed by atoms with Crippen molar-refractivity contribution in [2.45, 2.75) is 25.7 Å². The van der Waals surface area contributed by atoms with Gasteiger partial charge in [0.05, 0.1) is 4.88 Å². The van der Waals surface area contributed by atoms with E-state index in [0.717, 1.165) is 37.5 Å². The topological polar surface area (TPSA) is 32.3 Å². The van der Waals surface area contributed by atoms with Crippen molar-refractivity contribution < 1.29 is 4.79 Å². The normalized spacial score (nSPS) is 28.6. The van der Waals surface area contributed by atoms with Gasteiger partial charge in [0.1, 0.15) is 0 Å².